The van der Waals surface area contributed by atoms with E-state index >= 15 is 0 Å². The summed E-state index contributed by atoms with van der Waals surface area (Å²) >= 11 is 9.44. The lowest BCUT2D eigenvalue weighted by Crippen LogP contribution is -2.21. The highest BCUT2D eigenvalue weighted by Gasteiger charge is 2.33. The van der Waals surface area contributed by atoms with Gasteiger partial charge >= 0.3 is 0 Å². The molecule has 0 spiro atoms. The summed E-state index contributed by atoms with van der Waals surface area (Å²) in [6.07, 6.45) is 2.07. The minimum Gasteiger partial charge on any atom is -0.236 e. The molecule has 0 aliphatic heterocycles. The smallest absolute Gasteiger partial charge is 0.0782 e. The van der Waals surface area contributed by atoms with Crippen LogP contribution in [-0.4, -0.2) is 19.6 Å². The maximum Gasteiger partial charge on any atom is 0.0782 e. The molecule has 184 valence electrons. The van der Waals surface area contributed by atoms with E-state index in [1.165, 1.54) is 11.4 Å². The summed E-state index contributed by atoms with van der Waals surface area (Å²) < 4.78 is 4.15. The monoisotopic (exact) mass is 504 g/mol. The van der Waals surface area contributed by atoms with Gasteiger partial charge < -0.3 is 0 Å². The maximum absolute atomic E-state index is 5.16. The highest BCUT2D eigenvalue weighted by molar-refractivity contribution is 7.80. The van der Waals surface area contributed by atoms with E-state index < -0.39 is 5.41 Å². The van der Waals surface area contributed by atoms with Crippen LogP contribution >= 0.6 is 25.3 Å². The normalized spacial score (nSPS) is 13.7. The second-order valence-electron chi connectivity index (χ2n) is 9.95. The van der Waals surface area contributed by atoms with E-state index in [0.29, 0.717) is 11.8 Å². The molecule has 4 aromatic rings. The number of rotatable bonds is 8. The molecule has 0 saturated carbocycles. The number of hydrogen-bond acceptors (Lipinski definition) is 4. The molecule has 0 aliphatic carbocycles. The summed E-state index contributed by atoms with van der Waals surface area (Å²) in [5, 5.41) is 10.3. The van der Waals surface area contributed by atoms with Gasteiger partial charge in [0.1, 0.15) is 0 Å². The van der Waals surface area contributed by atoms with Crippen LogP contribution < -0.4 is 0 Å². The van der Waals surface area contributed by atoms with Gasteiger partial charge in [-0.05, 0) is 74.9 Å². The molecule has 0 saturated heterocycles. The highest BCUT2D eigenvalue weighted by atomic mass is 32.1. The molecule has 0 N–H and O–H groups in total. The summed E-state index contributed by atoms with van der Waals surface area (Å²) in [6.45, 7) is 13.4. The number of para-hydroxylation sites is 2. The van der Waals surface area contributed by atoms with E-state index in [9.17, 15) is 0 Å². The van der Waals surface area contributed by atoms with Crippen LogP contribution in [0.2, 0.25) is 0 Å². The van der Waals surface area contributed by atoms with Gasteiger partial charge in [-0.2, -0.15) is 10.2 Å². The SMILES string of the molecule is CCC(C)c1cc(C(C)(C)c2cc(C(C)CC)n(-c3ccccc3S)n2)nn1-c1ccccc1S. The Balaban J connectivity index is 1.87. The number of nitrogens with zero attached hydrogens (tertiary/aromatic N) is 4. The summed E-state index contributed by atoms with van der Waals surface area (Å²) in [6, 6.07) is 20.8. The first-order chi connectivity index (χ1) is 16.7. The zero-order chi connectivity index (χ0) is 25.3. The second-order valence-corrected chi connectivity index (χ2v) is 10.9. The largest absolute Gasteiger partial charge is 0.236 e. The molecular weight excluding hydrogens is 468 g/mol. The Morgan fingerprint density at radius 2 is 1.09 bits per heavy atom. The van der Waals surface area contributed by atoms with E-state index in [4.69, 9.17) is 35.5 Å². The molecule has 0 radical (unpaired) electrons. The summed E-state index contributed by atoms with van der Waals surface area (Å²) in [5.74, 6) is 0.730. The van der Waals surface area contributed by atoms with Crippen molar-refractivity contribution >= 4 is 25.3 Å². The fraction of sp³-hybridized carbons (Fsp3) is 0.379. The second kappa shape index (κ2) is 10.3. The first kappa shape index (κ1) is 25.6. The van der Waals surface area contributed by atoms with Crippen LogP contribution in [0.3, 0.4) is 0 Å². The van der Waals surface area contributed by atoms with Crippen LogP contribution in [0, 0.1) is 0 Å². The summed E-state index contributed by atoms with van der Waals surface area (Å²) in [7, 11) is 0. The van der Waals surface area contributed by atoms with Crippen LogP contribution in [0.4, 0.5) is 0 Å². The molecule has 2 aromatic carbocycles. The highest BCUT2D eigenvalue weighted by Crippen LogP contribution is 2.37. The Bertz CT molecular complexity index is 1220. The third-order valence-electron chi connectivity index (χ3n) is 7.21. The molecule has 6 heteroatoms. The predicted octanol–water partition coefficient (Wildman–Crippen LogP) is 7.99. The Kier molecular flexibility index (Phi) is 7.53. The van der Waals surface area contributed by atoms with Crippen LogP contribution in [0.1, 0.15) is 89.0 Å². The van der Waals surface area contributed by atoms with E-state index in [-0.39, 0.29) is 0 Å². The van der Waals surface area contributed by atoms with E-state index in [0.717, 1.165) is 45.4 Å². The van der Waals surface area contributed by atoms with Gasteiger partial charge in [0.15, 0.2) is 0 Å². The third-order valence-corrected chi connectivity index (χ3v) is 7.97. The van der Waals surface area contributed by atoms with Gasteiger partial charge in [-0.3, -0.25) is 0 Å². The fourth-order valence-corrected chi connectivity index (χ4v) is 4.84. The molecule has 4 rings (SSSR count). The lowest BCUT2D eigenvalue weighted by Gasteiger charge is -2.20. The number of hydrogen-bond donors (Lipinski definition) is 2. The Morgan fingerprint density at radius 1 is 0.714 bits per heavy atom. The lowest BCUT2D eigenvalue weighted by molar-refractivity contribution is 0.571. The fourth-order valence-electron chi connectivity index (χ4n) is 4.33. The van der Waals surface area contributed by atoms with Gasteiger partial charge in [-0.25, -0.2) is 9.36 Å². The third kappa shape index (κ3) is 4.83. The molecule has 0 bridgehead atoms. The summed E-state index contributed by atoms with van der Waals surface area (Å²) in [5.41, 5.74) is 6.01. The molecule has 0 aliphatic rings. The van der Waals surface area contributed by atoms with E-state index in [1.54, 1.807) is 0 Å². The van der Waals surface area contributed by atoms with Crippen LogP contribution in [-0.2, 0) is 5.41 Å². The van der Waals surface area contributed by atoms with Crippen LogP contribution in [0.15, 0.2) is 70.5 Å². The van der Waals surface area contributed by atoms with Crippen LogP contribution in [0.5, 0.6) is 0 Å². The molecule has 2 atom stereocenters. The zero-order valence-electron chi connectivity index (χ0n) is 21.5. The van der Waals surface area contributed by atoms with Crippen molar-refractivity contribution in [1.29, 1.82) is 0 Å². The lowest BCUT2D eigenvalue weighted by atomic mass is 9.84. The van der Waals surface area contributed by atoms with Crippen LogP contribution in [0.25, 0.3) is 11.4 Å². The Labute approximate surface area is 220 Å². The van der Waals surface area contributed by atoms with Crippen molar-refractivity contribution in [3.8, 4) is 11.4 Å². The quantitative estimate of drug-likeness (QED) is 0.239. The molecule has 2 heterocycles. The zero-order valence-corrected chi connectivity index (χ0v) is 23.3. The molecule has 0 fully saturated rings. The van der Waals surface area contributed by atoms with E-state index in [1.807, 2.05) is 36.4 Å². The Morgan fingerprint density at radius 3 is 1.43 bits per heavy atom. The number of aromatic nitrogens is 4. The predicted molar refractivity (Wildman–Crippen MR) is 151 cm³/mol. The minimum absolute atomic E-state index is 0.365. The molecule has 2 unspecified atom stereocenters. The standard InChI is InChI=1S/C29H36N4S2/c1-7-19(3)23-17-27(30-32(23)21-13-9-11-15-25(21)34)29(5,6)28-18-24(20(4)8-2)33(31-28)22-14-10-12-16-26(22)35/h9-20,34-35H,7-8H2,1-6H3. The maximum atomic E-state index is 5.16. The molecular formula is C29H36N4S2. The topological polar surface area (TPSA) is 35.6 Å². The first-order valence-electron chi connectivity index (χ1n) is 12.5. The van der Waals surface area contributed by atoms with Gasteiger partial charge in [0.25, 0.3) is 0 Å². The average molecular weight is 505 g/mol. The van der Waals surface area contributed by atoms with Crippen molar-refractivity contribution in [2.24, 2.45) is 0 Å². The van der Waals surface area contributed by atoms with Gasteiger partial charge in [0.05, 0.1) is 28.2 Å². The average Bonchev–Trinajstić information content (AvgIpc) is 3.50. The number of benzene rings is 2. The van der Waals surface area contributed by atoms with Gasteiger partial charge in [0.2, 0.25) is 0 Å². The molecule has 0 amide bonds. The van der Waals surface area contributed by atoms with E-state index in [2.05, 4.69) is 75.2 Å². The first-order valence-corrected chi connectivity index (χ1v) is 13.4. The molecule has 35 heavy (non-hydrogen) atoms. The number of thiol groups is 2. The van der Waals surface area contributed by atoms with Gasteiger partial charge in [0, 0.05) is 21.2 Å². The summed E-state index contributed by atoms with van der Waals surface area (Å²) in [4.78, 5) is 1.83. The molecule has 2 aromatic heterocycles. The van der Waals surface area contributed by atoms with Gasteiger partial charge in [-0.15, -0.1) is 25.3 Å². The van der Waals surface area contributed by atoms with Crippen molar-refractivity contribution in [2.45, 2.75) is 81.4 Å². The molecule has 4 nitrogen and oxygen atoms in total. The van der Waals surface area contributed by atoms with Crippen molar-refractivity contribution in [3.63, 3.8) is 0 Å². The Hall–Kier alpha value is -2.44. The van der Waals surface area contributed by atoms with Crippen molar-refractivity contribution in [1.82, 2.24) is 19.6 Å². The van der Waals surface area contributed by atoms with Gasteiger partial charge in [-0.1, -0.05) is 52.0 Å². The van der Waals surface area contributed by atoms with Crippen molar-refractivity contribution in [3.05, 3.63) is 83.4 Å². The van der Waals surface area contributed by atoms with Crippen molar-refractivity contribution < 1.29 is 0 Å². The van der Waals surface area contributed by atoms with Crippen molar-refractivity contribution in [2.75, 3.05) is 0 Å². The minimum atomic E-state index is -0.391.